The molecule has 1 amide bonds. The van der Waals surface area contributed by atoms with E-state index in [1.54, 1.807) is 0 Å². The molecule has 1 unspecified atom stereocenters. The molecule has 1 saturated heterocycles. The maximum atomic E-state index is 13.4. The number of thioether (sulfide) groups is 1. The number of amides is 1. The van der Waals surface area contributed by atoms with Gasteiger partial charge in [-0.1, -0.05) is 53.7 Å². The second-order valence-corrected chi connectivity index (χ2v) is 8.68. The summed E-state index contributed by atoms with van der Waals surface area (Å²) < 4.78 is 1.94. The molecule has 1 atom stereocenters. The minimum atomic E-state index is -0.338. The molecule has 150 valence electrons. The van der Waals surface area contributed by atoms with Crippen LogP contribution in [-0.4, -0.2) is 38.7 Å². The highest BCUT2D eigenvalue weighted by Gasteiger charge is 2.29. The largest absolute Gasteiger partial charge is 0.341 e. The van der Waals surface area contributed by atoms with Crippen LogP contribution in [0.1, 0.15) is 30.1 Å². The average molecular weight is 427 g/mol. The molecule has 0 N–H and O–H groups in total. The number of carbonyl (C=O) groups is 1. The van der Waals surface area contributed by atoms with Crippen LogP contribution in [0, 0.1) is 0 Å². The molecule has 0 radical (unpaired) electrons. The number of hydrogen-bond donors (Lipinski definition) is 0. The second kappa shape index (κ2) is 9.01. The highest BCUT2D eigenvalue weighted by Crippen LogP contribution is 2.37. The number of likely N-dealkylation sites (tertiary alicyclic amines) is 1. The van der Waals surface area contributed by atoms with E-state index in [9.17, 15) is 4.79 Å². The molecule has 1 aromatic heterocycles. The van der Waals surface area contributed by atoms with E-state index >= 15 is 0 Å². The fourth-order valence-corrected chi connectivity index (χ4v) is 4.75. The van der Waals surface area contributed by atoms with E-state index in [4.69, 9.17) is 11.6 Å². The molecule has 1 fully saturated rings. The van der Waals surface area contributed by atoms with Crippen molar-refractivity contribution in [3.8, 4) is 11.4 Å². The molecule has 5 nitrogen and oxygen atoms in total. The van der Waals surface area contributed by atoms with Crippen molar-refractivity contribution in [2.24, 2.45) is 7.05 Å². The number of carbonyl (C=O) groups excluding carboxylic acids is 1. The Hall–Kier alpha value is -2.31. The smallest absolute Gasteiger partial charge is 0.240 e. The summed E-state index contributed by atoms with van der Waals surface area (Å²) in [5.74, 6) is 0.901. The number of nitrogens with zero attached hydrogens (tertiary/aromatic N) is 4. The lowest BCUT2D eigenvalue weighted by atomic mass is 10.1. The zero-order valence-corrected chi connectivity index (χ0v) is 17.9. The van der Waals surface area contributed by atoms with E-state index in [2.05, 4.69) is 10.2 Å². The number of benzene rings is 2. The van der Waals surface area contributed by atoms with Gasteiger partial charge in [-0.15, -0.1) is 10.2 Å². The molecule has 0 bridgehead atoms. The third kappa shape index (κ3) is 4.49. The van der Waals surface area contributed by atoms with Crippen molar-refractivity contribution in [3.63, 3.8) is 0 Å². The average Bonchev–Trinajstić information content (AvgIpc) is 3.13. The maximum Gasteiger partial charge on any atom is 0.240 e. The van der Waals surface area contributed by atoms with Gasteiger partial charge < -0.3 is 9.47 Å². The second-order valence-electron chi connectivity index (χ2n) is 7.17. The van der Waals surface area contributed by atoms with Crippen LogP contribution in [0.5, 0.6) is 0 Å². The summed E-state index contributed by atoms with van der Waals surface area (Å²) in [6.07, 6.45) is 3.34. The van der Waals surface area contributed by atoms with Gasteiger partial charge in [-0.2, -0.15) is 0 Å². The zero-order valence-electron chi connectivity index (χ0n) is 16.3. The topological polar surface area (TPSA) is 51.0 Å². The van der Waals surface area contributed by atoms with Crippen LogP contribution in [0.15, 0.2) is 59.8 Å². The van der Waals surface area contributed by atoms with Gasteiger partial charge in [0.15, 0.2) is 11.0 Å². The number of hydrogen-bond acceptors (Lipinski definition) is 4. The van der Waals surface area contributed by atoms with E-state index < -0.39 is 0 Å². The fourth-order valence-electron chi connectivity index (χ4n) is 3.54. The number of piperidine rings is 1. The first-order valence-electron chi connectivity index (χ1n) is 9.79. The van der Waals surface area contributed by atoms with Gasteiger partial charge >= 0.3 is 0 Å². The Morgan fingerprint density at radius 3 is 2.38 bits per heavy atom. The van der Waals surface area contributed by atoms with Crippen molar-refractivity contribution in [2.45, 2.75) is 29.7 Å². The monoisotopic (exact) mass is 426 g/mol. The summed E-state index contributed by atoms with van der Waals surface area (Å²) >= 11 is 7.46. The molecule has 1 aliphatic rings. The van der Waals surface area contributed by atoms with Crippen molar-refractivity contribution in [1.82, 2.24) is 19.7 Å². The molecule has 3 aromatic rings. The first kappa shape index (κ1) is 20.0. The van der Waals surface area contributed by atoms with Crippen LogP contribution in [-0.2, 0) is 11.8 Å². The Balaban J connectivity index is 1.62. The van der Waals surface area contributed by atoms with Gasteiger partial charge in [-0.05, 0) is 49.1 Å². The predicted octanol–water partition coefficient (Wildman–Crippen LogP) is 4.98. The number of halogens is 1. The summed E-state index contributed by atoms with van der Waals surface area (Å²) in [6.45, 7) is 1.66. The summed E-state index contributed by atoms with van der Waals surface area (Å²) in [7, 11) is 1.93. The first-order valence-corrected chi connectivity index (χ1v) is 11.0. The van der Waals surface area contributed by atoms with Gasteiger partial charge in [-0.3, -0.25) is 4.79 Å². The predicted molar refractivity (Wildman–Crippen MR) is 117 cm³/mol. The van der Waals surface area contributed by atoms with Gasteiger partial charge in [0.1, 0.15) is 5.25 Å². The summed E-state index contributed by atoms with van der Waals surface area (Å²) in [4.78, 5) is 15.4. The lowest BCUT2D eigenvalue weighted by molar-refractivity contribution is -0.131. The van der Waals surface area contributed by atoms with Crippen molar-refractivity contribution >= 4 is 29.3 Å². The van der Waals surface area contributed by atoms with E-state index in [0.717, 1.165) is 42.9 Å². The Labute approximate surface area is 180 Å². The molecule has 2 heterocycles. The van der Waals surface area contributed by atoms with Crippen LogP contribution in [0.3, 0.4) is 0 Å². The quantitative estimate of drug-likeness (QED) is 0.540. The molecule has 0 aliphatic carbocycles. The van der Waals surface area contributed by atoms with Gasteiger partial charge in [0.2, 0.25) is 5.91 Å². The standard InChI is InChI=1S/C22H23ClN4OS/c1-26-20(17-10-12-18(23)13-11-17)24-25-22(26)29-19(16-8-4-2-5-9-16)21(28)27-14-6-3-7-15-27/h2,4-5,8-13,19H,3,6-7,14-15H2,1H3. The van der Waals surface area contributed by atoms with E-state index in [0.29, 0.717) is 10.2 Å². The highest BCUT2D eigenvalue weighted by atomic mass is 35.5. The van der Waals surface area contributed by atoms with Gasteiger partial charge in [-0.25, -0.2) is 0 Å². The molecule has 2 aromatic carbocycles. The van der Waals surface area contributed by atoms with E-state index in [1.165, 1.54) is 18.2 Å². The van der Waals surface area contributed by atoms with Crippen LogP contribution >= 0.6 is 23.4 Å². The van der Waals surface area contributed by atoms with Crippen molar-refractivity contribution < 1.29 is 4.79 Å². The Morgan fingerprint density at radius 2 is 1.69 bits per heavy atom. The van der Waals surface area contributed by atoms with Crippen LogP contribution in [0.25, 0.3) is 11.4 Å². The minimum Gasteiger partial charge on any atom is -0.341 e. The normalized spacial score (nSPS) is 15.3. The van der Waals surface area contributed by atoms with Crippen LogP contribution in [0.4, 0.5) is 0 Å². The van der Waals surface area contributed by atoms with Crippen molar-refractivity contribution in [2.75, 3.05) is 13.1 Å². The van der Waals surface area contributed by atoms with Gasteiger partial charge in [0.25, 0.3) is 0 Å². The summed E-state index contributed by atoms with van der Waals surface area (Å²) in [5.41, 5.74) is 1.93. The SMILES string of the molecule is Cn1c(SC(C(=O)N2CCCCC2)c2ccccc2)nnc1-c1ccc(Cl)cc1. The Morgan fingerprint density at radius 1 is 1.00 bits per heavy atom. The van der Waals surface area contributed by atoms with Crippen LogP contribution in [0.2, 0.25) is 5.02 Å². The fraction of sp³-hybridized carbons (Fsp3) is 0.318. The highest BCUT2D eigenvalue weighted by molar-refractivity contribution is 8.00. The van der Waals surface area contributed by atoms with E-state index in [-0.39, 0.29) is 11.2 Å². The van der Waals surface area contributed by atoms with E-state index in [1.807, 2.05) is 71.1 Å². The lowest BCUT2D eigenvalue weighted by Crippen LogP contribution is -2.38. The Kier molecular flexibility index (Phi) is 6.21. The summed E-state index contributed by atoms with van der Waals surface area (Å²) in [5, 5.41) is 9.80. The molecule has 29 heavy (non-hydrogen) atoms. The molecular weight excluding hydrogens is 404 g/mol. The molecule has 4 rings (SSSR count). The maximum absolute atomic E-state index is 13.4. The Bertz CT molecular complexity index is 968. The summed E-state index contributed by atoms with van der Waals surface area (Å²) in [6, 6.07) is 17.5. The van der Waals surface area contributed by atoms with Crippen molar-refractivity contribution in [3.05, 3.63) is 65.2 Å². The molecule has 1 aliphatic heterocycles. The molecule has 0 spiro atoms. The number of rotatable bonds is 5. The third-order valence-corrected chi connectivity index (χ3v) is 6.68. The third-order valence-electron chi connectivity index (χ3n) is 5.15. The van der Waals surface area contributed by atoms with Gasteiger partial charge in [0.05, 0.1) is 0 Å². The van der Waals surface area contributed by atoms with Crippen LogP contribution < -0.4 is 0 Å². The minimum absolute atomic E-state index is 0.150. The lowest BCUT2D eigenvalue weighted by Gasteiger charge is -2.30. The molecule has 0 saturated carbocycles. The molecule has 7 heteroatoms. The van der Waals surface area contributed by atoms with Crippen molar-refractivity contribution in [1.29, 1.82) is 0 Å². The first-order chi connectivity index (χ1) is 14.1. The molecular formula is C22H23ClN4OS. The number of aromatic nitrogens is 3. The van der Waals surface area contributed by atoms with Gasteiger partial charge in [0, 0.05) is 30.7 Å². The zero-order chi connectivity index (χ0) is 20.2.